The first-order valence-corrected chi connectivity index (χ1v) is 7.12. The van der Waals surface area contributed by atoms with Gasteiger partial charge in [-0.1, -0.05) is 0 Å². The lowest BCUT2D eigenvalue weighted by molar-refractivity contribution is -0.120. The van der Waals surface area contributed by atoms with Gasteiger partial charge >= 0.3 is 0 Å². The summed E-state index contributed by atoms with van der Waals surface area (Å²) in [5.74, 6) is 0.520. The molecule has 136 valence electrons. The van der Waals surface area contributed by atoms with Gasteiger partial charge in [0.05, 0.1) is 31.0 Å². The fourth-order valence-electron chi connectivity index (χ4n) is 2.16. The maximum absolute atomic E-state index is 11.8. The van der Waals surface area contributed by atoms with Gasteiger partial charge in [-0.25, -0.2) is 4.98 Å². The van der Waals surface area contributed by atoms with E-state index in [4.69, 9.17) is 10.5 Å². The number of rotatable bonds is 6. The smallest absolute Gasteiger partial charge is 0.239 e. The van der Waals surface area contributed by atoms with Crippen LogP contribution in [-0.4, -0.2) is 56.2 Å². The van der Waals surface area contributed by atoms with E-state index in [9.17, 15) is 9.59 Å². The van der Waals surface area contributed by atoms with Gasteiger partial charge in [0.15, 0.2) is 0 Å². The molecule has 0 aliphatic carbocycles. The Balaban J connectivity index is 0.00000264. The molecule has 1 atom stereocenters. The van der Waals surface area contributed by atoms with E-state index in [2.05, 4.69) is 15.6 Å². The van der Waals surface area contributed by atoms with Gasteiger partial charge in [0.25, 0.3) is 0 Å². The van der Waals surface area contributed by atoms with Crippen molar-refractivity contribution in [3.05, 3.63) is 18.3 Å². The number of amides is 2. The molecule has 10 heteroatoms. The molecule has 1 unspecified atom stereocenters. The van der Waals surface area contributed by atoms with Gasteiger partial charge in [0.2, 0.25) is 11.8 Å². The molecule has 0 bridgehead atoms. The largest absolute Gasteiger partial charge is 0.380 e. The number of nitrogens with one attached hydrogen (secondary N) is 2. The molecule has 24 heavy (non-hydrogen) atoms. The monoisotopic (exact) mass is 379 g/mol. The van der Waals surface area contributed by atoms with Crippen molar-refractivity contribution in [2.45, 2.75) is 12.5 Å². The summed E-state index contributed by atoms with van der Waals surface area (Å²) < 4.78 is 5.07. The summed E-state index contributed by atoms with van der Waals surface area (Å²) in [4.78, 5) is 29.4. The molecule has 0 aromatic carbocycles. The van der Waals surface area contributed by atoms with E-state index in [1.165, 1.54) is 7.11 Å². The first-order chi connectivity index (χ1) is 10.6. The van der Waals surface area contributed by atoms with Crippen LogP contribution in [0.2, 0.25) is 0 Å². The number of piperazine rings is 1. The third-order valence-electron chi connectivity index (χ3n) is 3.40. The van der Waals surface area contributed by atoms with Crippen LogP contribution < -0.4 is 21.3 Å². The van der Waals surface area contributed by atoms with Crippen LogP contribution in [0.5, 0.6) is 0 Å². The van der Waals surface area contributed by atoms with Crippen molar-refractivity contribution < 1.29 is 14.3 Å². The van der Waals surface area contributed by atoms with Gasteiger partial charge in [-0.2, -0.15) is 0 Å². The van der Waals surface area contributed by atoms with E-state index in [1.54, 1.807) is 18.3 Å². The zero-order valence-electron chi connectivity index (χ0n) is 13.4. The summed E-state index contributed by atoms with van der Waals surface area (Å²) in [6.45, 7) is 1.91. The summed E-state index contributed by atoms with van der Waals surface area (Å²) in [5, 5.41) is 5.51. The number of methoxy groups -OCH3 is 1. The van der Waals surface area contributed by atoms with Gasteiger partial charge in [-0.05, 0) is 12.1 Å². The molecule has 1 aromatic heterocycles. The maximum atomic E-state index is 11.8. The minimum atomic E-state index is -0.293. The highest BCUT2D eigenvalue weighted by Gasteiger charge is 2.17. The highest BCUT2D eigenvalue weighted by Crippen LogP contribution is 2.15. The first kappa shape index (κ1) is 22.4. The molecule has 2 heterocycles. The van der Waals surface area contributed by atoms with Crippen LogP contribution in [0.4, 0.5) is 11.5 Å². The maximum Gasteiger partial charge on any atom is 0.239 e. The zero-order valence-corrected chi connectivity index (χ0v) is 15.0. The number of halogens is 2. The minimum Gasteiger partial charge on any atom is -0.380 e. The quantitative estimate of drug-likeness (QED) is 0.649. The Morgan fingerprint density at radius 1 is 1.50 bits per heavy atom. The average Bonchev–Trinajstić information content (AvgIpc) is 2.53. The van der Waals surface area contributed by atoms with Crippen molar-refractivity contribution in [3.8, 4) is 0 Å². The van der Waals surface area contributed by atoms with Crippen molar-refractivity contribution in [2.75, 3.05) is 43.5 Å². The molecule has 1 aliphatic heterocycles. The summed E-state index contributed by atoms with van der Waals surface area (Å²) >= 11 is 0. The second-order valence-electron chi connectivity index (χ2n) is 5.02. The molecule has 8 nitrogen and oxygen atoms in total. The van der Waals surface area contributed by atoms with E-state index in [-0.39, 0.29) is 55.7 Å². The Bertz CT molecular complexity index is 526. The molecular formula is C14H23Cl2N5O3. The van der Waals surface area contributed by atoms with Gasteiger partial charge in [-0.15, -0.1) is 24.8 Å². The lowest BCUT2D eigenvalue weighted by atomic mass is 10.2. The van der Waals surface area contributed by atoms with Crippen LogP contribution in [-0.2, 0) is 14.3 Å². The molecule has 1 aromatic rings. The van der Waals surface area contributed by atoms with Crippen LogP contribution in [0.1, 0.15) is 6.42 Å². The summed E-state index contributed by atoms with van der Waals surface area (Å²) in [7, 11) is 1.52. The second-order valence-corrected chi connectivity index (χ2v) is 5.02. The Hall–Kier alpha value is -1.61. The zero-order chi connectivity index (χ0) is 15.9. The molecule has 1 saturated heterocycles. The summed E-state index contributed by atoms with van der Waals surface area (Å²) in [6, 6.07) is 3.54. The Morgan fingerprint density at radius 2 is 2.25 bits per heavy atom. The molecule has 0 spiro atoms. The number of carbonyl (C=O) groups excluding carboxylic acids is 2. The van der Waals surface area contributed by atoms with Gasteiger partial charge < -0.3 is 26.0 Å². The number of anilines is 2. The number of aromatic nitrogens is 1. The first-order valence-electron chi connectivity index (χ1n) is 7.12. The highest BCUT2D eigenvalue weighted by atomic mass is 35.5. The normalized spacial score (nSPS) is 14.8. The van der Waals surface area contributed by atoms with E-state index >= 15 is 0 Å². The third-order valence-corrected chi connectivity index (χ3v) is 3.40. The van der Waals surface area contributed by atoms with Crippen molar-refractivity contribution >= 4 is 48.1 Å². The number of ether oxygens (including phenoxy) is 1. The predicted octanol–water partition coefficient (Wildman–Crippen LogP) is 0.164. The Labute approximate surface area is 153 Å². The topological polar surface area (TPSA) is 110 Å². The molecule has 2 amide bonds. The predicted molar refractivity (Wildman–Crippen MR) is 97.1 cm³/mol. The summed E-state index contributed by atoms with van der Waals surface area (Å²) in [6.07, 6.45) is 1.48. The van der Waals surface area contributed by atoms with Crippen molar-refractivity contribution in [1.82, 2.24) is 10.3 Å². The van der Waals surface area contributed by atoms with Crippen molar-refractivity contribution in [2.24, 2.45) is 5.73 Å². The van der Waals surface area contributed by atoms with Gasteiger partial charge in [0.1, 0.15) is 5.82 Å². The van der Waals surface area contributed by atoms with Crippen molar-refractivity contribution in [3.63, 3.8) is 0 Å². The molecule has 4 N–H and O–H groups in total. The van der Waals surface area contributed by atoms with Crippen molar-refractivity contribution in [1.29, 1.82) is 0 Å². The number of hydrogen-bond acceptors (Lipinski definition) is 6. The van der Waals surface area contributed by atoms with E-state index in [1.807, 2.05) is 4.90 Å². The molecule has 0 radical (unpaired) electrons. The lowest BCUT2D eigenvalue weighted by Gasteiger charge is -2.27. The fourth-order valence-corrected chi connectivity index (χ4v) is 2.16. The van der Waals surface area contributed by atoms with Crippen LogP contribution in [0.25, 0.3) is 0 Å². The summed E-state index contributed by atoms with van der Waals surface area (Å²) in [5.41, 5.74) is 6.08. The minimum absolute atomic E-state index is 0. The van der Waals surface area contributed by atoms with E-state index in [0.29, 0.717) is 24.6 Å². The number of hydrogen-bond donors (Lipinski definition) is 3. The van der Waals surface area contributed by atoms with Crippen LogP contribution in [0, 0.1) is 0 Å². The Morgan fingerprint density at radius 3 is 2.79 bits per heavy atom. The van der Waals surface area contributed by atoms with E-state index in [0.717, 1.165) is 6.54 Å². The molecule has 1 aliphatic rings. The van der Waals surface area contributed by atoms with Crippen LogP contribution in [0.15, 0.2) is 18.3 Å². The average molecular weight is 380 g/mol. The standard InChI is InChI=1S/C14H21N5O3.2ClH/c1-22-11(7-15)6-13(20)18-10-2-3-12(17-8-10)19-5-4-16-14(21)9-19;;/h2-3,8,11H,4-7,9,15H2,1H3,(H,16,21)(H,18,20);2*1H. The number of nitrogens with two attached hydrogens (primary N) is 1. The highest BCUT2D eigenvalue weighted by molar-refractivity contribution is 5.91. The second kappa shape index (κ2) is 11.0. The Kier molecular flexibility index (Phi) is 10.3. The molecular weight excluding hydrogens is 357 g/mol. The lowest BCUT2D eigenvalue weighted by Crippen LogP contribution is -2.48. The molecule has 0 saturated carbocycles. The number of carbonyl (C=O) groups is 2. The molecule has 1 fully saturated rings. The van der Waals surface area contributed by atoms with Gasteiger partial charge in [0, 0.05) is 26.7 Å². The number of nitrogens with zero attached hydrogens (tertiary/aromatic N) is 2. The molecule has 2 rings (SSSR count). The number of pyridine rings is 1. The third kappa shape index (κ3) is 6.48. The van der Waals surface area contributed by atoms with Crippen LogP contribution in [0.3, 0.4) is 0 Å². The fraction of sp³-hybridized carbons (Fsp3) is 0.500. The van der Waals surface area contributed by atoms with Crippen LogP contribution >= 0.6 is 24.8 Å². The van der Waals surface area contributed by atoms with Gasteiger partial charge in [-0.3, -0.25) is 9.59 Å². The van der Waals surface area contributed by atoms with E-state index < -0.39 is 0 Å². The SMILES string of the molecule is COC(CN)CC(=O)Nc1ccc(N2CCNC(=O)C2)nc1.Cl.Cl.